The molecule has 5 nitrogen and oxygen atoms in total. The Kier molecular flexibility index (Phi) is 2.82. The summed E-state index contributed by atoms with van der Waals surface area (Å²) in [4.78, 5) is 14.4. The van der Waals surface area contributed by atoms with Gasteiger partial charge in [-0.05, 0) is 12.0 Å². The van der Waals surface area contributed by atoms with Crippen LogP contribution in [-0.2, 0) is 12.8 Å². The SMILES string of the molecule is O=[NH+]c1ccc(CCc2ncn[nH]2)cc1. The molecule has 1 aromatic carbocycles. The quantitative estimate of drug-likeness (QED) is 0.738. The summed E-state index contributed by atoms with van der Waals surface area (Å²) in [6.45, 7) is 0. The number of hydrogen-bond donors (Lipinski definition) is 2. The zero-order chi connectivity index (χ0) is 10.5. The molecule has 0 aliphatic heterocycles. The second kappa shape index (κ2) is 4.45. The van der Waals surface area contributed by atoms with Gasteiger partial charge in [0.25, 0.3) is 5.69 Å². The number of hydrogen-bond acceptors (Lipinski definition) is 3. The molecular weight excluding hydrogens is 192 g/mol. The van der Waals surface area contributed by atoms with E-state index >= 15 is 0 Å². The lowest BCUT2D eigenvalue weighted by Gasteiger charge is -1.97. The average molecular weight is 203 g/mol. The van der Waals surface area contributed by atoms with Crippen LogP contribution in [0.2, 0.25) is 0 Å². The summed E-state index contributed by atoms with van der Waals surface area (Å²) in [5.74, 6) is 0.876. The van der Waals surface area contributed by atoms with Gasteiger partial charge in [-0.1, -0.05) is 12.1 Å². The molecule has 0 aliphatic carbocycles. The van der Waals surface area contributed by atoms with E-state index in [2.05, 4.69) is 15.2 Å². The molecule has 0 aliphatic rings. The van der Waals surface area contributed by atoms with E-state index in [1.54, 1.807) is 12.1 Å². The molecule has 0 atom stereocenters. The van der Waals surface area contributed by atoms with E-state index in [1.807, 2.05) is 17.3 Å². The number of H-pyrrole nitrogens is 1. The third-order valence-electron chi connectivity index (χ3n) is 2.19. The first kappa shape index (κ1) is 9.51. The highest BCUT2D eigenvalue weighted by atomic mass is 16.3. The zero-order valence-corrected chi connectivity index (χ0v) is 8.10. The fraction of sp³-hybridized carbons (Fsp3) is 0.200. The standard InChI is InChI=1S/C10H10N4O/c15-14-9-4-1-8(2-5-9)3-6-10-11-7-12-13-10/h1-2,4-5,7H,3,6H2,(H,11,12,13)/p+1. The van der Waals surface area contributed by atoms with Crippen molar-refractivity contribution in [3.8, 4) is 0 Å². The summed E-state index contributed by atoms with van der Waals surface area (Å²) in [7, 11) is 0. The summed E-state index contributed by atoms with van der Waals surface area (Å²) in [6.07, 6.45) is 3.21. The predicted octanol–water partition coefficient (Wildman–Crippen LogP) is 0.0684. The Hall–Kier alpha value is -2.04. The molecule has 2 N–H and O–H groups in total. The van der Waals surface area contributed by atoms with E-state index < -0.39 is 0 Å². The maximum atomic E-state index is 10.3. The Bertz CT molecular complexity index is 421. The fourth-order valence-electron chi connectivity index (χ4n) is 1.35. The van der Waals surface area contributed by atoms with Crippen molar-refractivity contribution < 1.29 is 5.18 Å². The summed E-state index contributed by atoms with van der Waals surface area (Å²) >= 11 is 0. The van der Waals surface area contributed by atoms with Gasteiger partial charge in [0.2, 0.25) is 0 Å². The summed E-state index contributed by atoms with van der Waals surface area (Å²) in [5.41, 5.74) is 1.75. The number of benzene rings is 1. The van der Waals surface area contributed by atoms with Crippen molar-refractivity contribution in [2.24, 2.45) is 0 Å². The maximum Gasteiger partial charge on any atom is 0.253 e. The van der Waals surface area contributed by atoms with Gasteiger partial charge in [0.1, 0.15) is 12.2 Å². The number of nitrogens with one attached hydrogen (secondary N) is 2. The second-order valence-electron chi connectivity index (χ2n) is 3.23. The number of aromatic nitrogens is 3. The number of nitroso groups, excluding NO2 is 1. The molecule has 76 valence electrons. The highest BCUT2D eigenvalue weighted by Gasteiger charge is 2.00. The molecule has 0 spiro atoms. The van der Waals surface area contributed by atoms with E-state index in [0.717, 1.165) is 18.7 Å². The van der Waals surface area contributed by atoms with Crippen molar-refractivity contribution in [2.75, 3.05) is 0 Å². The van der Waals surface area contributed by atoms with Gasteiger partial charge in [-0.3, -0.25) is 5.10 Å². The summed E-state index contributed by atoms with van der Waals surface area (Å²) < 4.78 is 0. The molecule has 15 heavy (non-hydrogen) atoms. The monoisotopic (exact) mass is 203 g/mol. The molecule has 0 bridgehead atoms. The van der Waals surface area contributed by atoms with Gasteiger partial charge in [0.15, 0.2) is 0 Å². The van der Waals surface area contributed by atoms with Crippen LogP contribution in [0.1, 0.15) is 11.4 Å². The van der Waals surface area contributed by atoms with Crippen molar-refractivity contribution in [1.82, 2.24) is 15.2 Å². The normalized spacial score (nSPS) is 10.1. The highest BCUT2D eigenvalue weighted by Crippen LogP contribution is 2.06. The van der Waals surface area contributed by atoms with Crippen molar-refractivity contribution in [2.45, 2.75) is 12.8 Å². The molecule has 2 rings (SSSR count). The minimum Gasteiger partial charge on any atom is -0.263 e. The van der Waals surface area contributed by atoms with Crippen LogP contribution in [0, 0.1) is 4.91 Å². The third kappa shape index (κ3) is 2.46. The van der Waals surface area contributed by atoms with Crippen molar-refractivity contribution in [1.29, 1.82) is 0 Å². The van der Waals surface area contributed by atoms with Crippen LogP contribution in [0.25, 0.3) is 0 Å². The Labute approximate surface area is 86.5 Å². The third-order valence-corrected chi connectivity index (χ3v) is 2.19. The predicted molar refractivity (Wildman–Crippen MR) is 54.2 cm³/mol. The number of aryl methyl sites for hydroxylation is 2. The molecule has 0 fully saturated rings. The molecule has 1 heterocycles. The summed E-state index contributed by atoms with van der Waals surface area (Å²) in [6, 6.07) is 7.39. The fourth-order valence-corrected chi connectivity index (χ4v) is 1.35. The topological polar surface area (TPSA) is 72.6 Å². The van der Waals surface area contributed by atoms with Crippen LogP contribution in [0.5, 0.6) is 0 Å². The zero-order valence-electron chi connectivity index (χ0n) is 8.10. The average Bonchev–Trinajstić information content (AvgIpc) is 2.80. The van der Waals surface area contributed by atoms with E-state index in [9.17, 15) is 4.91 Å². The first-order chi connectivity index (χ1) is 7.38. The van der Waals surface area contributed by atoms with Gasteiger partial charge in [0.05, 0.1) is 0 Å². The lowest BCUT2D eigenvalue weighted by atomic mass is 10.1. The van der Waals surface area contributed by atoms with Gasteiger partial charge in [-0.25, -0.2) is 4.98 Å². The van der Waals surface area contributed by atoms with E-state index in [-0.39, 0.29) is 0 Å². The minimum atomic E-state index is 0.582. The van der Waals surface area contributed by atoms with Crippen molar-refractivity contribution >= 4 is 5.69 Å². The van der Waals surface area contributed by atoms with Crippen LogP contribution < -0.4 is 5.18 Å². The molecular formula is C10H11N4O+. The molecule has 1 aromatic heterocycles. The molecule has 0 unspecified atom stereocenters. The largest absolute Gasteiger partial charge is 0.263 e. The van der Waals surface area contributed by atoms with Crippen LogP contribution >= 0.6 is 0 Å². The van der Waals surface area contributed by atoms with Crippen LogP contribution in [0.4, 0.5) is 5.69 Å². The first-order valence-electron chi connectivity index (χ1n) is 4.70. The molecule has 0 radical (unpaired) electrons. The molecule has 0 amide bonds. The molecule has 5 heteroatoms. The van der Waals surface area contributed by atoms with Crippen LogP contribution in [-0.4, -0.2) is 15.2 Å². The Balaban J connectivity index is 1.96. The van der Waals surface area contributed by atoms with Gasteiger partial charge >= 0.3 is 0 Å². The van der Waals surface area contributed by atoms with Crippen molar-refractivity contribution in [3.63, 3.8) is 0 Å². The Morgan fingerprint density at radius 1 is 1.20 bits per heavy atom. The van der Waals surface area contributed by atoms with Crippen LogP contribution in [0.15, 0.2) is 30.6 Å². The van der Waals surface area contributed by atoms with Gasteiger partial charge in [0, 0.05) is 28.6 Å². The molecule has 0 saturated carbocycles. The second-order valence-corrected chi connectivity index (χ2v) is 3.23. The van der Waals surface area contributed by atoms with Gasteiger partial charge in [-0.15, -0.1) is 0 Å². The van der Waals surface area contributed by atoms with Crippen molar-refractivity contribution in [3.05, 3.63) is 46.9 Å². The maximum absolute atomic E-state index is 10.3. The van der Waals surface area contributed by atoms with E-state index in [1.165, 1.54) is 11.9 Å². The Morgan fingerprint density at radius 3 is 2.60 bits per heavy atom. The summed E-state index contributed by atoms with van der Waals surface area (Å²) in [5, 5.41) is 8.43. The lowest BCUT2D eigenvalue weighted by molar-refractivity contribution is -0.379. The first-order valence-corrected chi connectivity index (χ1v) is 4.70. The minimum absolute atomic E-state index is 0.582. The number of nitrogens with zero attached hydrogens (tertiary/aromatic N) is 2. The van der Waals surface area contributed by atoms with Gasteiger partial charge in [-0.2, -0.15) is 5.10 Å². The number of rotatable bonds is 4. The van der Waals surface area contributed by atoms with Crippen LogP contribution in [0.3, 0.4) is 0 Å². The Morgan fingerprint density at radius 2 is 2.00 bits per heavy atom. The molecule has 0 saturated heterocycles. The lowest BCUT2D eigenvalue weighted by Crippen LogP contribution is -2.55. The highest BCUT2D eigenvalue weighted by molar-refractivity contribution is 5.31. The van der Waals surface area contributed by atoms with E-state index in [4.69, 9.17) is 0 Å². The van der Waals surface area contributed by atoms with Gasteiger partial charge < -0.3 is 0 Å². The smallest absolute Gasteiger partial charge is 0.253 e. The molecule has 2 aromatic rings. The number of aromatic amines is 1. The van der Waals surface area contributed by atoms with E-state index in [0.29, 0.717) is 5.69 Å².